The first-order valence-electron chi connectivity index (χ1n) is 33.8. The second-order valence-electron chi connectivity index (χ2n) is 27.9. The zero-order valence-corrected chi connectivity index (χ0v) is 56.0. The minimum absolute atomic E-state index is 0.0102. The van der Waals surface area contributed by atoms with Crippen LogP contribution in [0.1, 0.15) is 144 Å². The van der Waals surface area contributed by atoms with Gasteiger partial charge < -0.3 is 54.5 Å². The van der Waals surface area contributed by atoms with E-state index in [2.05, 4.69) is 41.9 Å². The van der Waals surface area contributed by atoms with E-state index in [1.165, 1.54) is 9.80 Å². The van der Waals surface area contributed by atoms with Gasteiger partial charge in [0.25, 0.3) is 11.8 Å². The van der Waals surface area contributed by atoms with Gasteiger partial charge in [0, 0.05) is 75.8 Å². The lowest BCUT2D eigenvalue weighted by atomic mass is 9.84. The molecule has 5 aliphatic heterocycles. The smallest absolute Gasteiger partial charge is 0.416 e. The van der Waals surface area contributed by atoms with Crippen LogP contribution in [0.25, 0.3) is 0 Å². The molecule has 3 aromatic rings. The molecule has 7 amide bonds. The first kappa shape index (κ1) is 68.0. The number of anilines is 2. The Bertz CT molecular complexity index is 3580. The van der Waals surface area contributed by atoms with E-state index >= 15 is 0 Å². The summed E-state index contributed by atoms with van der Waals surface area (Å²) in [4.78, 5) is 127. The molecule has 22 heteroatoms. The fourth-order valence-electron chi connectivity index (χ4n) is 15.6. The van der Waals surface area contributed by atoms with Crippen LogP contribution in [0.5, 0.6) is 17.2 Å². The molecule has 3 aliphatic carbocycles. The number of nitrogens with zero attached hydrogens (tertiary/aromatic N) is 4. The molecule has 22 nitrogen and oxygen atoms in total. The average Bonchev–Trinajstić information content (AvgIpc) is 1.49. The third kappa shape index (κ3) is 13.9. The fraction of sp³-hybridized carbons (Fsp3) is 0.548. The number of hydrogen-bond donors (Lipinski definition) is 4. The number of unbranched alkanes of at least 4 members (excludes halogenated alkanes) is 2. The Labute approximate surface area is 555 Å². The Kier molecular flexibility index (Phi) is 20.4. The van der Waals surface area contributed by atoms with Crippen LogP contribution < -0.4 is 35.1 Å². The van der Waals surface area contributed by atoms with Crippen LogP contribution in [0.4, 0.5) is 16.2 Å². The molecule has 0 radical (unpaired) electrons. The number of rotatable bonds is 29. The minimum Gasteiger partial charge on any atom is -0.493 e. The van der Waals surface area contributed by atoms with Crippen molar-refractivity contribution in [1.82, 2.24) is 25.3 Å². The first-order chi connectivity index (χ1) is 45.5. The number of methoxy groups -OCH3 is 1. The van der Waals surface area contributed by atoms with E-state index in [0.717, 1.165) is 35.3 Å². The predicted molar refractivity (Wildman–Crippen MR) is 352 cm³/mol. The second kappa shape index (κ2) is 28.5. The van der Waals surface area contributed by atoms with Gasteiger partial charge in [0.15, 0.2) is 23.5 Å². The monoisotopic (exact) mass is 1310 g/mol. The quantitative estimate of drug-likeness (QED) is 0.0288. The molecule has 3 fully saturated rings. The van der Waals surface area contributed by atoms with E-state index in [-0.39, 0.29) is 152 Å². The lowest BCUT2D eigenvalue weighted by Gasteiger charge is -2.31. The number of imide groups is 1. The van der Waals surface area contributed by atoms with Crippen LogP contribution in [-0.4, -0.2) is 150 Å². The highest BCUT2D eigenvalue weighted by molar-refractivity contribution is 6.08. The van der Waals surface area contributed by atoms with E-state index < -0.39 is 36.2 Å². The van der Waals surface area contributed by atoms with Crippen molar-refractivity contribution < 1.29 is 71.9 Å². The number of fused-ring (bicyclic) bond motifs is 7. The van der Waals surface area contributed by atoms with Gasteiger partial charge in [0.1, 0.15) is 18.1 Å². The number of likely N-dealkylation sites (tertiary alicyclic amines) is 1. The van der Waals surface area contributed by atoms with Crippen molar-refractivity contribution in [1.29, 1.82) is 0 Å². The maximum atomic E-state index is 14.3. The number of aliphatic hydroxyl groups excluding tert-OH is 1. The Balaban J connectivity index is 0.598. The molecule has 11 rings (SSSR count). The average molecular weight is 1310 g/mol. The zero-order valence-electron chi connectivity index (χ0n) is 56.0. The summed E-state index contributed by atoms with van der Waals surface area (Å²) in [6, 6.07) is 12.1. The van der Waals surface area contributed by atoms with Gasteiger partial charge >= 0.3 is 6.09 Å². The predicted octanol–water partition coefficient (Wildman–Crippen LogP) is 8.61. The topological polar surface area (TPSA) is 269 Å². The highest BCUT2D eigenvalue weighted by Crippen LogP contribution is 2.77. The summed E-state index contributed by atoms with van der Waals surface area (Å²) < 4.78 is 29.6. The van der Waals surface area contributed by atoms with Crippen molar-refractivity contribution in [2.24, 2.45) is 52.8 Å². The molecule has 95 heavy (non-hydrogen) atoms. The molecule has 4 N–H and O–H groups in total. The zero-order chi connectivity index (χ0) is 67.7. The summed E-state index contributed by atoms with van der Waals surface area (Å²) in [5, 5.41) is 20.9. The van der Waals surface area contributed by atoms with Crippen molar-refractivity contribution in [3.05, 3.63) is 112 Å². The lowest BCUT2D eigenvalue weighted by Crippen LogP contribution is -2.50. The van der Waals surface area contributed by atoms with Gasteiger partial charge in [0.2, 0.25) is 23.6 Å². The minimum atomic E-state index is -1.47. The van der Waals surface area contributed by atoms with E-state index in [4.69, 9.17) is 23.7 Å². The van der Waals surface area contributed by atoms with Gasteiger partial charge in [-0.2, -0.15) is 0 Å². The molecule has 2 bridgehead atoms. The molecule has 508 valence electrons. The van der Waals surface area contributed by atoms with Crippen LogP contribution in [0.15, 0.2) is 84.2 Å². The number of amides is 7. The summed E-state index contributed by atoms with van der Waals surface area (Å²) in [7, 11) is 1.55. The number of ether oxygens (including phenoxy) is 5. The number of nitrogens with one attached hydrogen (secondary N) is 3. The number of aryl methyl sites for hydroxylation is 1. The summed E-state index contributed by atoms with van der Waals surface area (Å²) in [5.74, 6) is -0.807. The highest BCUT2D eigenvalue weighted by atomic mass is 16.6. The third-order valence-corrected chi connectivity index (χ3v) is 20.8. The first-order valence-corrected chi connectivity index (χ1v) is 33.8. The van der Waals surface area contributed by atoms with Crippen molar-refractivity contribution in [2.75, 3.05) is 63.4 Å². The van der Waals surface area contributed by atoms with Crippen LogP contribution in [-0.2, 0) is 51.3 Å². The summed E-state index contributed by atoms with van der Waals surface area (Å²) in [6.07, 6.45) is 9.88. The SMILES string of the molecule is COc1cc2c(cc1OCCCCCOc1cc3c(cc1C)C(=O)N1C=C(C)C[C@H]1[C@H](O)N3C(=O)OCc1ccc(CC(=O)[C@H](C)NC(=O)[C@@H](CC(=O)CCOCCNC(=O)CCN3C(=O)C4C(C3=O)C3C=CC4C34CC4C(C)C)C(C)C)cc1)NC[C@@H]1CC(C)=CN1C2=O. The molecule has 8 aliphatic rings. The van der Waals surface area contributed by atoms with Crippen LogP contribution >= 0.6 is 0 Å². The molecule has 0 aromatic heterocycles. The van der Waals surface area contributed by atoms with Gasteiger partial charge in [-0.15, -0.1) is 0 Å². The maximum absolute atomic E-state index is 14.3. The molecule has 2 saturated carbocycles. The molecule has 3 aromatic carbocycles. The summed E-state index contributed by atoms with van der Waals surface area (Å²) in [5.41, 5.74) is 5.57. The number of aliphatic hydroxyl groups is 1. The van der Waals surface area contributed by atoms with Crippen LogP contribution in [0, 0.1) is 59.7 Å². The van der Waals surface area contributed by atoms with Crippen molar-refractivity contribution >= 4 is 64.5 Å². The number of benzene rings is 3. The highest BCUT2D eigenvalue weighted by Gasteiger charge is 2.77. The van der Waals surface area contributed by atoms with E-state index in [0.29, 0.717) is 96.0 Å². The number of ketones is 2. The second-order valence-corrected chi connectivity index (χ2v) is 27.9. The van der Waals surface area contributed by atoms with Crippen LogP contribution in [0.3, 0.4) is 0 Å². The summed E-state index contributed by atoms with van der Waals surface area (Å²) in [6.45, 7) is 17.0. The number of allylic oxidation sites excluding steroid dienone is 2. The Morgan fingerprint density at radius 2 is 1.41 bits per heavy atom. The molecule has 1 spiro atoms. The van der Waals surface area contributed by atoms with Gasteiger partial charge in [-0.05, 0) is 130 Å². The molecule has 5 unspecified atom stereocenters. The number of carbonyl (C=O) groups excluding carboxylic acids is 9. The standard InChI is InChI=1S/C73H91N7O15/c1-40(2)50(31-49(81)20-25-92-26-21-74-63(83)19-22-77-70(88)64-53-17-18-54(65(64)71(77)89)73(53)35-55(73)41(3)4)66(84)76-45(8)59(82)30-46-13-15-47(16-14-46)39-95-72(90)80-57-34-60(44(7)29-52(57)68(86)79-38-43(6)28-58(79)69(80)87)93-23-11-10-12-24-94-62-33-56-51(32-61(62)91-9)67(85)78-37-42(5)27-48(78)36-75-56/h13-18,29,32-34,37-38,40-41,45,48,50,53-55,58,64-65,69,75,87H,10-12,19-28,30-31,35-36,39H2,1-9H3,(H,74,83)(H,76,84)/t45-,48-,50-,53?,54?,55?,58-,64?,65?,69-,73?/m0/s1. The molecule has 1 saturated heterocycles. The van der Waals surface area contributed by atoms with Gasteiger partial charge in [-0.3, -0.25) is 43.3 Å². The largest absolute Gasteiger partial charge is 0.493 e. The van der Waals surface area contributed by atoms with Crippen LogP contribution in [0.2, 0.25) is 0 Å². The summed E-state index contributed by atoms with van der Waals surface area (Å²) >= 11 is 0. The Morgan fingerprint density at radius 3 is 2.08 bits per heavy atom. The molecular formula is C73H91N7O15. The normalized spacial score (nSPS) is 24.9. The third-order valence-electron chi connectivity index (χ3n) is 20.8. The van der Waals surface area contributed by atoms with E-state index in [9.17, 15) is 48.3 Å². The molecule has 5 heterocycles. The van der Waals surface area contributed by atoms with Gasteiger partial charge in [-0.1, -0.05) is 75.3 Å². The van der Waals surface area contributed by atoms with Crippen molar-refractivity contribution in [2.45, 2.75) is 151 Å². The lowest BCUT2D eigenvalue weighted by molar-refractivity contribution is -0.141. The number of Topliss-reactive ketones (excluding diaryl/α,β-unsaturated/α-hetero) is 2. The fourth-order valence-corrected chi connectivity index (χ4v) is 15.6. The Hall–Kier alpha value is -8.37. The van der Waals surface area contributed by atoms with Crippen molar-refractivity contribution in [3.63, 3.8) is 0 Å². The molecular weight excluding hydrogens is 1210 g/mol. The number of hydrogen-bond acceptors (Lipinski definition) is 16. The Morgan fingerprint density at radius 1 is 0.747 bits per heavy atom. The maximum Gasteiger partial charge on any atom is 0.416 e. The number of carbonyl (C=O) groups is 9. The van der Waals surface area contributed by atoms with E-state index in [1.807, 2.05) is 46.9 Å². The van der Waals surface area contributed by atoms with Gasteiger partial charge in [-0.25, -0.2) is 9.69 Å². The molecule has 10 atom stereocenters. The van der Waals surface area contributed by atoms with Crippen molar-refractivity contribution in [3.8, 4) is 17.2 Å². The van der Waals surface area contributed by atoms with E-state index in [1.54, 1.807) is 67.6 Å². The van der Waals surface area contributed by atoms with Gasteiger partial charge in [0.05, 0.1) is 86.0 Å².